The number of carboxylic acid groups (broad SMARTS) is 2. The van der Waals surface area contributed by atoms with Gasteiger partial charge in [-0.15, -0.1) is 11.0 Å². The molecule has 0 saturated heterocycles. The second kappa shape index (κ2) is 13.0. The third-order valence-electron chi connectivity index (χ3n) is 9.01. The van der Waals surface area contributed by atoms with Crippen LogP contribution in [0.25, 0.3) is 44.4 Å². The molecule has 0 amide bonds. The number of hydrogen-bond donors (Lipinski definition) is 2. The normalized spacial score (nSPS) is 13.0. The molecular formula is C35H39CuN4O4. The zero-order valence-corrected chi connectivity index (χ0v) is 27.3. The topological polar surface area (TPSA) is 119 Å². The molecule has 0 saturated carbocycles. The average molecular weight is 643 g/mol. The van der Waals surface area contributed by atoms with Crippen molar-refractivity contribution in [2.45, 2.75) is 80.1 Å². The first-order chi connectivity index (χ1) is 20.4. The van der Waals surface area contributed by atoms with E-state index >= 15 is 0 Å². The molecule has 0 spiro atoms. The Morgan fingerprint density at radius 3 is 1.84 bits per heavy atom. The van der Waals surface area contributed by atoms with Crippen LogP contribution in [0.15, 0.2) is 24.3 Å². The van der Waals surface area contributed by atoms with Crippen LogP contribution in [0.4, 0.5) is 0 Å². The Kier molecular flexibility index (Phi) is 9.71. The van der Waals surface area contributed by atoms with Crippen molar-refractivity contribution < 1.29 is 36.9 Å². The predicted octanol–water partition coefficient (Wildman–Crippen LogP) is 7.28. The van der Waals surface area contributed by atoms with Crippen molar-refractivity contribution in [1.82, 2.24) is 19.5 Å². The van der Waals surface area contributed by atoms with Crippen molar-refractivity contribution in [3.63, 3.8) is 0 Å². The van der Waals surface area contributed by atoms with E-state index in [1.165, 1.54) is 16.7 Å². The number of aliphatic carboxylic acids is 2. The fraction of sp³-hybridized carbons (Fsp3) is 0.371. The monoisotopic (exact) mass is 642 g/mol. The summed E-state index contributed by atoms with van der Waals surface area (Å²) in [5.41, 5.74) is 15.2. The molecule has 2 N–H and O–H groups in total. The molecule has 5 heterocycles. The van der Waals surface area contributed by atoms with E-state index in [1.807, 2.05) is 26.0 Å². The minimum atomic E-state index is -0.873. The Balaban J connectivity index is 0.00000442. The second-order valence-corrected chi connectivity index (χ2v) is 11.5. The number of rotatable bonds is 8. The minimum absolute atomic E-state index is 0. The van der Waals surface area contributed by atoms with Gasteiger partial charge in [0.2, 0.25) is 0 Å². The molecule has 0 atom stereocenters. The number of carboxylic acids is 2. The van der Waals surface area contributed by atoms with Crippen LogP contribution in [-0.4, -0.2) is 36.7 Å². The van der Waals surface area contributed by atoms with Gasteiger partial charge in [0, 0.05) is 30.9 Å². The van der Waals surface area contributed by atoms with Crippen molar-refractivity contribution >= 4 is 56.3 Å². The van der Waals surface area contributed by atoms with Crippen LogP contribution < -0.4 is 4.98 Å². The molecule has 5 rings (SSSR count). The quantitative estimate of drug-likeness (QED) is 0.248. The van der Waals surface area contributed by atoms with Gasteiger partial charge in [-0.1, -0.05) is 37.1 Å². The summed E-state index contributed by atoms with van der Waals surface area (Å²) in [5.74, 6) is -1.74. The zero-order chi connectivity index (χ0) is 31.2. The summed E-state index contributed by atoms with van der Waals surface area (Å²) in [6, 6.07) is 8.19. The van der Waals surface area contributed by atoms with Crippen molar-refractivity contribution in [2.24, 2.45) is 7.05 Å². The van der Waals surface area contributed by atoms with Gasteiger partial charge >= 0.3 is 29.0 Å². The molecule has 8 bridgehead atoms. The van der Waals surface area contributed by atoms with E-state index in [0.29, 0.717) is 24.1 Å². The molecule has 0 fully saturated rings. The SMILES string of the molecule is CCC1=C(C)c2cc3c(CC)c(C)c(cc4nc(cc5[n-]c(cc1n2)c(C)c5CCC(=O)O)C(CCC(=O)O)=C4C)n3C.[Cu+]. The maximum Gasteiger partial charge on any atom is 1.00 e. The number of aryl methyl sites for hydroxylation is 5. The van der Waals surface area contributed by atoms with E-state index in [0.717, 1.165) is 74.3 Å². The third-order valence-corrected chi connectivity index (χ3v) is 9.01. The Labute approximate surface area is 268 Å². The maximum absolute atomic E-state index is 11.6. The minimum Gasteiger partial charge on any atom is -0.657 e. The Bertz CT molecular complexity index is 1910. The Morgan fingerprint density at radius 2 is 1.25 bits per heavy atom. The number of fused-ring (bicyclic) bond motifs is 8. The summed E-state index contributed by atoms with van der Waals surface area (Å²) < 4.78 is 2.20. The Morgan fingerprint density at radius 1 is 0.705 bits per heavy atom. The molecule has 9 heteroatoms. The molecule has 44 heavy (non-hydrogen) atoms. The summed E-state index contributed by atoms with van der Waals surface area (Å²) in [4.78, 5) is 38.3. The predicted molar refractivity (Wildman–Crippen MR) is 172 cm³/mol. The molecule has 0 unspecified atom stereocenters. The number of hydrogen-bond acceptors (Lipinski definition) is 4. The largest absolute Gasteiger partial charge is 1.00 e. The van der Waals surface area contributed by atoms with E-state index in [1.54, 1.807) is 0 Å². The summed E-state index contributed by atoms with van der Waals surface area (Å²) in [6.45, 7) is 12.5. The molecule has 0 aliphatic carbocycles. The standard InChI is InChI=1S/C35H40N4O4.Cu/c1-8-22-18(3)28-17-33-23(9-2)21(6)32(39(33)7)16-27-20(5)25(11-13-35(42)43)31(38-27)15-30-24(10-12-34(40)41)19(4)26(36-30)14-29(22)37-28;/h14-17H,8-13H2,1-7H3,(H3,36,37,38,40,41,42,43);/q;+1/p-1. The van der Waals surface area contributed by atoms with Gasteiger partial charge in [-0.2, -0.15) is 0 Å². The van der Waals surface area contributed by atoms with Crippen LogP contribution >= 0.6 is 0 Å². The summed E-state index contributed by atoms with van der Waals surface area (Å²) >= 11 is 0. The van der Waals surface area contributed by atoms with Crippen molar-refractivity contribution in [3.05, 3.63) is 69.3 Å². The fourth-order valence-electron chi connectivity index (χ4n) is 6.49. The molecule has 2 aliphatic heterocycles. The molecular weight excluding hydrogens is 604 g/mol. The van der Waals surface area contributed by atoms with Crippen molar-refractivity contribution in [2.75, 3.05) is 0 Å². The number of aromatic nitrogens is 4. The van der Waals surface area contributed by atoms with Gasteiger partial charge in [0.1, 0.15) is 0 Å². The number of carbonyl (C=O) groups is 2. The van der Waals surface area contributed by atoms with Gasteiger partial charge in [0.15, 0.2) is 0 Å². The molecule has 234 valence electrons. The van der Waals surface area contributed by atoms with Crippen molar-refractivity contribution in [1.29, 1.82) is 0 Å². The molecule has 3 aromatic heterocycles. The first-order valence-corrected chi connectivity index (χ1v) is 14.9. The van der Waals surface area contributed by atoms with Gasteiger partial charge in [0.05, 0.1) is 22.8 Å². The van der Waals surface area contributed by atoms with E-state index in [4.69, 9.17) is 15.0 Å². The van der Waals surface area contributed by atoms with E-state index in [9.17, 15) is 19.8 Å². The maximum atomic E-state index is 11.6. The van der Waals surface area contributed by atoms with Crippen LogP contribution in [-0.2, 0) is 46.5 Å². The summed E-state index contributed by atoms with van der Waals surface area (Å²) in [7, 11) is 2.07. The first-order valence-electron chi connectivity index (χ1n) is 14.9. The zero-order valence-electron chi connectivity index (χ0n) is 26.4. The first kappa shape index (κ1) is 33.0. The number of nitrogens with zero attached hydrogens (tertiary/aromatic N) is 4. The van der Waals surface area contributed by atoms with Crippen molar-refractivity contribution in [3.8, 4) is 0 Å². The van der Waals surface area contributed by atoms with Crippen LogP contribution in [0.2, 0.25) is 0 Å². The fourth-order valence-corrected chi connectivity index (χ4v) is 6.49. The van der Waals surface area contributed by atoms with E-state index in [2.05, 4.69) is 51.4 Å². The van der Waals surface area contributed by atoms with Gasteiger partial charge in [0.25, 0.3) is 0 Å². The molecule has 3 aromatic rings. The molecule has 0 radical (unpaired) electrons. The van der Waals surface area contributed by atoms with Gasteiger partial charge < -0.3 is 19.8 Å². The van der Waals surface area contributed by atoms with E-state index < -0.39 is 11.9 Å². The molecule has 0 aromatic carbocycles. The van der Waals surface area contributed by atoms with Crippen LogP contribution in [0, 0.1) is 13.8 Å². The van der Waals surface area contributed by atoms with Crippen LogP contribution in [0.1, 0.15) is 98.4 Å². The third kappa shape index (κ3) is 5.91. The summed E-state index contributed by atoms with van der Waals surface area (Å²) in [5, 5.41) is 19.0. The number of allylic oxidation sites excluding steroid dienone is 4. The second-order valence-electron chi connectivity index (χ2n) is 11.5. The Hall–Kier alpha value is -3.94. The van der Waals surface area contributed by atoms with Gasteiger partial charge in [-0.3, -0.25) is 9.59 Å². The van der Waals surface area contributed by atoms with Crippen LogP contribution in [0.3, 0.4) is 0 Å². The van der Waals surface area contributed by atoms with Gasteiger partial charge in [-0.05, 0) is 98.9 Å². The van der Waals surface area contributed by atoms with Gasteiger partial charge in [-0.25, -0.2) is 9.97 Å². The summed E-state index contributed by atoms with van der Waals surface area (Å²) in [6.07, 6.45) is 2.31. The van der Waals surface area contributed by atoms with Crippen LogP contribution in [0.5, 0.6) is 0 Å². The molecule has 8 nitrogen and oxygen atoms in total. The van der Waals surface area contributed by atoms with E-state index in [-0.39, 0.29) is 29.9 Å². The molecule has 2 aliphatic rings. The average Bonchev–Trinajstić information content (AvgIpc) is 3.59. The smallest absolute Gasteiger partial charge is 0.657 e.